The molecule has 0 radical (unpaired) electrons. The Hall–Kier alpha value is -3.28. The number of aliphatic hydroxyl groups is 1. The number of nitrogens with zero attached hydrogens (tertiary/aromatic N) is 2. The molecule has 0 unspecified atom stereocenters. The molecule has 0 aliphatic heterocycles. The van der Waals surface area contributed by atoms with Crippen molar-refractivity contribution in [2.24, 2.45) is 0 Å². The van der Waals surface area contributed by atoms with E-state index in [9.17, 15) is 9.90 Å². The normalized spacial score (nSPS) is 18.4. The molecule has 0 saturated heterocycles. The Labute approximate surface area is 183 Å². The van der Waals surface area contributed by atoms with Crippen molar-refractivity contribution < 1.29 is 9.90 Å². The van der Waals surface area contributed by atoms with Crippen LogP contribution in [0.25, 0.3) is 11.0 Å². The summed E-state index contributed by atoms with van der Waals surface area (Å²) in [5.74, 6) is 12.2. The van der Waals surface area contributed by atoms with Crippen molar-refractivity contribution in [1.29, 1.82) is 0 Å². The number of carbonyl (C=O) groups excluding carboxylic acids is 1. The second-order valence-electron chi connectivity index (χ2n) is 8.71. The van der Waals surface area contributed by atoms with E-state index in [2.05, 4.69) is 40.5 Å². The van der Waals surface area contributed by atoms with Gasteiger partial charge in [-0.15, -0.1) is 5.92 Å². The number of imidazole rings is 1. The predicted molar refractivity (Wildman–Crippen MR) is 123 cm³/mol. The molecule has 5 heteroatoms. The Morgan fingerprint density at radius 3 is 2.94 bits per heavy atom. The van der Waals surface area contributed by atoms with Crippen molar-refractivity contribution >= 4 is 22.9 Å². The SMILES string of the molecule is CC#Cc1ccc2nc(NC(=O)C[C@](C)(O)C3=CC=CCC#C3)n(C3(C)CCC3)c2c1. The lowest BCUT2D eigenvalue weighted by atomic mass is 9.78. The molecule has 0 bridgehead atoms. The summed E-state index contributed by atoms with van der Waals surface area (Å²) >= 11 is 0. The lowest BCUT2D eigenvalue weighted by molar-refractivity contribution is -0.119. The quantitative estimate of drug-likeness (QED) is 0.719. The predicted octanol–water partition coefficient (Wildman–Crippen LogP) is 4.28. The number of benzene rings is 1. The van der Waals surface area contributed by atoms with Crippen LogP contribution >= 0.6 is 0 Å². The molecule has 1 fully saturated rings. The van der Waals surface area contributed by atoms with E-state index in [-0.39, 0.29) is 17.9 Å². The number of rotatable bonds is 5. The minimum absolute atomic E-state index is 0.0990. The summed E-state index contributed by atoms with van der Waals surface area (Å²) in [6.07, 6.45) is 9.27. The van der Waals surface area contributed by atoms with E-state index in [1.807, 2.05) is 37.3 Å². The van der Waals surface area contributed by atoms with E-state index < -0.39 is 5.60 Å². The fourth-order valence-electron chi connectivity index (χ4n) is 4.21. The van der Waals surface area contributed by atoms with Gasteiger partial charge in [-0.2, -0.15) is 0 Å². The highest BCUT2D eigenvalue weighted by atomic mass is 16.3. The van der Waals surface area contributed by atoms with Gasteiger partial charge in [0.1, 0.15) is 5.60 Å². The first-order valence-corrected chi connectivity index (χ1v) is 10.7. The van der Waals surface area contributed by atoms with Gasteiger partial charge in [0.15, 0.2) is 0 Å². The maximum atomic E-state index is 12.9. The van der Waals surface area contributed by atoms with E-state index in [1.165, 1.54) is 0 Å². The largest absolute Gasteiger partial charge is 0.384 e. The van der Waals surface area contributed by atoms with Crippen molar-refractivity contribution in [3.05, 3.63) is 47.6 Å². The molecule has 2 aliphatic carbocycles. The van der Waals surface area contributed by atoms with Crippen LogP contribution in [0.15, 0.2) is 42.0 Å². The molecule has 1 saturated carbocycles. The van der Waals surface area contributed by atoms with Crippen LogP contribution in [0, 0.1) is 23.7 Å². The molecular formula is C26H27N3O2. The van der Waals surface area contributed by atoms with Gasteiger partial charge < -0.3 is 9.67 Å². The third-order valence-corrected chi connectivity index (χ3v) is 6.07. The first-order chi connectivity index (χ1) is 14.8. The van der Waals surface area contributed by atoms with E-state index >= 15 is 0 Å². The molecule has 0 spiro atoms. The van der Waals surface area contributed by atoms with Crippen LogP contribution in [0.5, 0.6) is 0 Å². The minimum Gasteiger partial charge on any atom is -0.384 e. The van der Waals surface area contributed by atoms with E-state index in [0.717, 1.165) is 35.9 Å². The number of hydrogen-bond donors (Lipinski definition) is 2. The zero-order valence-corrected chi connectivity index (χ0v) is 18.2. The van der Waals surface area contributed by atoms with Gasteiger partial charge in [0.25, 0.3) is 0 Å². The van der Waals surface area contributed by atoms with Gasteiger partial charge in [0.05, 0.1) is 17.5 Å². The summed E-state index contributed by atoms with van der Waals surface area (Å²) in [5, 5.41) is 13.9. The summed E-state index contributed by atoms with van der Waals surface area (Å²) < 4.78 is 2.13. The van der Waals surface area contributed by atoms with Crippen LogP contribution in [-0.4, -0.2) is 26.2 Å². The summed E-state index contributed by atoms with van der Waals surface area (Å²) in [6.45, 7) is 5.63. The molecule has 4 rings (SSSR count). The number of carbonyl (C=O) groups is 1. The Bertz CT molecular complexity index is 1220. The van der Waals surface area contributed by atoms with Crippen molar-refractivity contribution in [2.45, 2.75) is 64.0 Å². The second-order valence-corrected chi connectivity index (χ2v) is 8.71. The Kier molecular flexibility index (Phi) is 5.48. The molecule has 1 aromatic heterocycles. The zero-order chi connectivity index (χ0) is 22.1. The molecule has 2 aromatic rings. The van der Waals surface area contributed by atoms with Crippen molar-refractivity contribution in [3.63, 3.8) is 0 Å². The van der Waals surface area contributed by atoms with Crippen LogP contribution in [0.2, 0.25) is 0 Å². The van der Waals surface area contributed by atoms with Gasteiger partial charge in [0.2, 0.25) is 11.9 Å². The standard InChI is InChI=1S/C26H27N3O2/c1-4-10-19-13-14-21-22(17-19)29(25(2)15-9-16-25)24(27-21)28-23(30)18-26(3,31)20-11-7-5-6-8-12-20/h5,7,11,13-14,17,31H,6,9,15-16,18H2,1-3H3,(H,27,28,30)/t26-/m0/s1. The molecule has 5 nitrogen and oxygen atoms in total. The molecule has 2 aliphatic rings. The van der Waals surface area contributed by atoms with Crippen LogP contribution in [0.3, 0.4) is 0 Å². The van der Waals surface area contributed by atoms with Crippen molar-refractivity contribution in [3.8, 4) is 23.7 Å². The van der Waals surface area contributed by atoms with Crippen molar-refractivity contribution in [1.82, 2.24) is 9.55 Å². The number of nitrogens with one attached hydrogen (secondary N) is 1. The molecule has 158 valence electrons. The summed E-state index contributed by atoms with van der Waals surface area (Å²) in [6, 6.07) is 5.92. The molecule has 1 amide bonds. The van der Waals surface area contributed by atoms with E-state index in [0.29, 0.717) is 17.9 Å². The fraction of sp³-hybridized carbons (Fsp3) is 0.385. The molecule has 1 heterocycles. The van der Waals surface area contributed by atoms with Gasteiger partial charge in [-0.3, -0.25) is 10.1 Å². The van der Waals surface area contributed by atoms with Gasteiger partial charge in [-0.1, -0.05) is 29.9 Å². The maximum absolute atomic E-state index is 12.9. The topological polar surface area (TPSA) is 67.2 Å². The lowest BCUT2D eigenvalue weighted by Gasteiger charge is -2.41. The van der Waals surface area contributed by atoms with E-state index in [1.54, 1.807) is 13.0 Å². The van der Waals surface area contributed by atoms with Crippen LogP contribution < -0.4 is 5.32 Å². The monoisotopic (exact) mass is 413 g/mol. The maximum Gasteiger partial charge on any atom is 0.229 e. The third kappa shape index (κ3) is 4.15. The smallest absolute Gasteiger partial charge is 0.229 e. The number of anilines is 1. The number of allylic oxidation sites excluding steroid dienone is 3. The first kappa shape index (κ1) is 21.0. The number of amides is 1. The third-order valence-electron chi connectivity index (χ3n) is 6.07. The summed E-state index contributed by atoms with van der Waals surface area (Å²) in [4.78, 5) is 17.7. The Morgan fingerprint density at radius 1 is 1.42 bits per heavy atom. The molecule has 1 atom stereocenters. The van der Waals surface area contributed by atoms with Crippen LogP contribution in [0.4, 0.5) is 5.95 Å². The average Bonchev–Trinajstić information content (AvgIpc) is 2.86. The van der Waals surface area contributed by atoms with Crippen LogP contribution in [-0.2, 0) is 10.3 Å². The Morgan fingerprint density at radius 2 is 2.23 bits per heavy atom. The highest BCUT2D eigenvalue weighted by Crippen LogP contribution is 2.43. The average molecular weight is 414 g/mol. The number of fused-ring (bicyclic) bond motifs is 1. The first-order valence-electron chi connectivity index (χ1n) is 10.7. The zero-order valence-electron chi connectivity index (χ0n) is 18.2. The molecular weight excluding hydrogens is 386 g/mol. The van der Waals surface area contributed by atoms with Gasteiger partial charge in [-0.25, -0.2) is 4.98 Å². The summed E-state index contributed by atoms with van der Waals surface area (Å²) in [5.41, 5.74) is 1.79. The lowest BCUT2D eigenvalue weighted by Crippen LogP contribution is -2.39. The highest BCUT2D eigenvalue weighted by molar-refractivity contribution is 5.93. The molecule has 31 heavy (non-hydrogen) atoms. The van der Waals surface area contributed by atoms with Crippen LogP contribution in [0.1, 0.15) is 58.4 Å². The fourth-order valence-corrected chi connectivity index (χ4v) is 4.21. The van der Waals surface area contributed by atoms with E-state index in [4.69, 9.17) is 4.98 Å². The number of aromatic nitrogens is 2. The minimum atomic E-state index is -1.35. The second kappa shape index (κ2) is 8.10. The van der Waals surface area contributed by atoms with Gasteiger partial charge in [-0.05, 0) is 64.3 Å². The number of hydrogen-bond acceptors (Lipinski definition) is 3. The Balaban J connectivity index is 1.65. The summed E-state index contributed by atoms with van der Waals surface area (Å²) in [7, 11) is 0. The highest BCUT2D eigenvalue weighted by Gasteiger charge is 2.37. The van der Waals surface area contributed by atoms with Crippen molar-refractivity contribution in [2.75, 3.05) is 5.32 Å². The molecule has 2 N–H and O–H groups in total. The van der Waals surface area contributed by atoms with Gasteiger partial charge in [0, 0.05) is 23.1 Å². The van der Waals surface area contributed by atoms with Gasteiger partial charge >= 0.3 is 0 Å². The molecule has 1 aromatic carbocycles.